The maximum Gasteiger partial charge on any atom is 0.336 e. The first-order valence-electron chi connectivity index (χ1n) is 6.18. The number of nitrogens with one attached hydrogen (secondary N) is 1. The molecule has 1 aromatic heterocycles. The second kappa shape index (κ2) is 5.46. The van der Waals surface area contributed by atoms with Crippen LogP contribution in [0.1, 0.15) is 51.4 Å². The highest BCUT2D eigenvalue weighted by Gasteiger charge is 2.31. The fraction of sp³-hybridized carbons (Fsp3) is 0.615. The quantitative estimate of drug-likeness (QED) is 0.874. The summed E-state index contributed by atoms with van der Waals surface area (Å²) in [6.07, 6.45) is 0.663. The van der Waals surface area contributed by atoms with E-state index in [4.69, 9.17) is 5.11 Å². The number of aromatic carboxylic acids is 1. The molecule has 0 aliphatic carbocycles. The largest absolute Gasteiger partial charge is 0.478 e. The van der Waals surface area contributed by atoms with Gasteiger partial charge in [0, 0.05) is 10.9 Å². The highest BCUT2D eigenvalue weighted by atomic mass is 32.2. The summed E-state index contributed by atoms with van der Waals surface area (Å²) in [4.78, 5) is 10.8. The molecule has 0 fully saturated rings. The molecule has 1 heterocycles. The summed E-state index contributed by atoms with van der Waals surface area (Å²) >= 11 is 0.912. The van der Waals surface area contributed by atoms with Gasteiger partial charge in [-0.15, -0.1) is 11.3 Å². The fourth-order valence-corrected chi connectivity index (χ4v) is 4.91. The van der Waals surface area contributed by atoms with Crippen LogP contribution in [-0.2, 0) is 10.0 Å². The summed E-state index contributed by atoms with van der Waals surface area (Å²) in [5.41, 5.74) is -0.637. The zero-order valence-corrected chi connectivity index (χ0v) is 14.0. The minimum Gasteiger partial charge on any atom is -0.478 e. The molecule has 0 saturated carbocycles. The van der Waals surface area contributed by atoms with E-state index in [1.165, 1.54) is 11.4 Å². The Morgan fingerprint density at radius 1 is 1.30 bits per heavy atom. The van der Waals surface area contributed by atoms with Crippen molar-refractivity contribution < 1.29 is 18.3 Å². The Balaban J connectivity index is 2.97. The van der Waals surface area contributed by atoms with Crippen molar-refractivity contribution in [3.8, 4) is 0 Å². The molecular weight excluding hydrogens is 298 g/mol. The lowest BCUT2D eigenvalue weighted by Gasteiger charge is -2.32. The lowest BCUT2D eigenvalue weighted by Crippen LogP contribution is -2.45. The van der Waals surface area contributed by atoms with Gasteiger partial charge in [-0.1, -0.05) is 20.8 Å². The van der Waals surface area contributed by atoms with Gasteiger partial charge in [0.05, 0.1) is 5.56 Å². The molecule has 0 bridgehead atoms. The SMILES string of the molecule is CC(C)(C)CC(C)(C)NS(=O)(=O)c1cc(C(=O)O)cs1. The molecule has 20 heavy (non-hydrogen) atoms. The van der Waals surface area contributed by atoms with E-state index in [1.807, 2.05) is 34.6 Å². The molecular formula is C13H21NO4S2. The number of hydrogen-bond donors (Lipinski definition) is 2. The van der Waals surface area contributed by atoms with Crippen LogP contribution in [0.25, 0.3) is 0 Å². The van der Waals surface area contributed by atoms with Crippen LogP contribution >= 0.6 is 11.3 Å². The van der Waals surface area contributed by atoms with Crippen molar-refractivity contribution in [2.45, 2.75) is 50.8 Å². The van der Waals surface area contributed by atoms with E-state index < -0.39 is 21.5 Å². The Bertz CT molecular complexity index is 594. The summed E-state index contributed by atoms with van der Waals surface area (Å²) < 4.78 is 27.2. The summed E-state index contributed by atoms with van der Waals surface area (Å²) in [6, 6.07) is 1.18. The van der Waals surface area contributed by atoms with Crippen LogP contribution in [0.3, 0.4) is 0 Å². The molecule has 0 atom stereocenters. The summed E-state index contributed by atoms with van der Waals surface area (Å²) in [7, 11) is -3.70. The van der Waals surface area contributed by atoms with Crippen LogP contribution < -0.4 is 4.72 Å². The van der Waals surface area contributed by atoms with Gasteiger partial charge in [-0.3, -0.25) is 0 Å². The number of hydrogen-bond acceptors (Lipinski definition) is 4. The first kappa shape index (κ1) is 17.1. The van der Waals surface area contributed by atoms with E-state index in [2.05, 4.69) is 4.72 Å². The van der Waals surface area contributed by atoms with Crippen molar-refractivity contribution in [2.24, 2.45) is 5.41 Å². The maximum atomic E-state index is 12.3. The molecule has 0 aliphatic rings. The molecule has 2 N–H and O–H groups in total. The van der Waals surface area contributed by atoms with Gasteiger partial charge in [0.25, 0.3) is 10.0 Å². The Morgan fingerprint density at radius 3 is 2.25 bits per heavy atom. The zero-order chi connectivity index (χ0) is 15.8. The second-order valence-corrected chi connectivity index (χ2v) is 9.51. The Morgan fingerprint density at radius 2 is 1.85 bits per heavy atom. The lowest BCUT2D eigenvalue weighted by molar-refractivity contribution is 0.0697. The monoisotopic (exact) mass is 319 g/mol. The third kappa shape index (κ3) is 4.88. The first-order valence-corrected chi connectivity index (χ1v) is 8.55. The van der Waals surface area contributed by atoms with Gasteiger partial charge in [-0.2, -0.15) is 0 Å². The zero-order valence-electron chi connectivity index (χ0n) is 12.4. The number of carboxylic acids is 1. The molecule has 0 amide bonds. The minimum absolute atomic E-state index is 0.0102. The van der Waals surface area contributed by atoms with Crippen LogP contribution in [0.4, 0.5) is 0 Å². The van der Waals surface area contributed by atoms with Crippen LogP contribution in [-0.4, -0.2) is 25.0 Å². The number of thiophene rings is 1. The van der Waals surface area contributed by atoms with E-state index >= 15 is 0 Å². The molecule has 0 aliphatic heterocycles. The van der Waals surface area contributed by atoms with Gasteiger partial charge in [-0.25, -0.2) is 17.9 Å². The van der Waals surface area contributed by atoms with E-state index in [-0.39, 0.29) is 15.2 Å². The molecule has 0 radical (unpaired) electrons. The van der Waals surface area contributed by atoms with Crippen molar-refractivity contribution in [3.63, 3.8) is 0 Å². The van der Waals surface area contributed by atoms with E-state index in [0.717, 1.165) is 11.3 Å². The molecule has 7 heteroatoms. The summed E-state index contributed by atoms with van der Waals surface area (Å²) in [5.74, 6) is -1.13. The van der Waals surface area contributed by atoms with Gasteiger partial charge in [0.15, 0.2) is 0 Å². The average Bonchev–Trinajstić information content (AvgIpc) is 2.59. The second-order valence-electron chi connectivity index (χ2n) is 6.69. The Hall–Kier alpha value is -0.920. The lowest BCUT2D eigenvalue weighted by atomic mass is 9.82. The molecule has 1 rings (SSSR count). The third-order valence-corrected chi connectivity index (χ3v) is 5.61. The molecule has 114 valence electrons. The van der Waals surface area contributed by atoms with Crippen LogP contribution in [0.2, 0.25) is 0 Å². The van der Waals surface area contributed by atoms with Gasteiger partial charge in [0.1, 0.15) is 4.21 Å². The average molecular weight is 319 g/mol. The van der Waals surface area contributed by atoms with Crippen molar-refractivity contribution >= 4 is 27.3 Å². The van der Waals surface area contributed by atoms with Gasteiger partial charge in [0.2, 0.25) is 0 Å². The molecule has 0 unspecified atom stereocenters. The smallest absolute Gasteiger partial charge is 0.336 e. The highest BCUT2D eigenvalue weighted by Crippen LogP contribution is 2.29. The topological polar surface area (TPSA) is 83.5 Å². The van der Waals surface area contributed by atoms with Crippen molar-refractivity contribution in [1.82, 2.24) is 4.72 Å². The molecule has 0 saturated heterocycles. The number of rotatable bonds is 5. The van der Waals surface area contributed by atoms with Crippen molar-refractivity contribution in [3.05, 3.63) is 17.0 Å². The first-order chi connectivity index (χ1) is 8.82. The predicted molar refractivity (Wildman–Crippen MR) is 79.8 cm³/mol. The van der Waals surface area contributed by atoms with Crippen LogP contribution in [0, 0.1) is 5.41 Å². The predicted octanol–water partition coefficient (Wildman–Crippen LogP) is 2.94. The standard InChI is InChI=1S/C13H21NO4S2/c1-12(2,3)8-13(4,5)14-20(17,18)10-6-9(7-19-10)11(15)16/h6-7,14H,8H2,1-5H3,(H,15,16). The van der Waals surface area contributed by atoms with Crippen LogP contribution in [0.5, 0.6) is 0 Å². The molecule has 5 nitrogen and oxygen atoms in total. The van der Waals surface area contributed by atoms with E-state index in [1.54, 1.807) is 0 Å². The summed E-state index contributed by atoms with van der Waals surface area (Å²) in [6.45, 7) is 9.76. The van der Waals surface area contributed by atoms with E-state index in [0.29, 0.717) is 6.42 Å². The molecule has 0 aromatic carbocycles. The Labute approximate surface area is 124 Å². The molecule has 1 aromatic rings. The van der Waals surface area contributed by atoms with Crippen molar-refractivity contribution in [2.75, 3.05) is 0 Å². The van der Waals surface area contributed by atoms with Crippen molar-refractivity contribution in [1.29, 1.82) is 0 Å². The van der Waals surface area contributed by atoms with Gasteiger partial charge < -0.3 is 5.11 Å². The summed E-state index contributed by atoms with van der Waals surface area (Å²) in [5, 5.41) is 10.2. The normalized spacial score (nSPS) is 13.4. The number of carbonyl (C=O) groups is 1. The van der Waals surface area contributed by atoms with Gasteiger partial charge in [-0.05, 0) is 31.7 Å². The fourth-order valence-electron chi connectivity index (χ4n) is 2.35. The minimum atomic E-state index is -3.70. The maximum absolute atomic E-state index is 12.3. The highest BCUT2D eigenvalue weighted by molar-refractivity contribution is 7.91. The van der Waals surface area contributed by atoms with E-state index in [9.17, 15) is 13.2 Å². The third-order valence-electron chi connectivity index (χ3n) is 2.47. The molecule has 0 spiro atoms. The number of sulfonamides is 1. The number of carboxylic acid groups (broad SMARTS) is 1. The van der Waals surface area contributed by atoms with Crippen LogP contribution in [0.15, 0.2) is 15.7 Å². The van der Waals surface area contributed by atoms with Gasteiger partial charge >= 0.3 is 5.97 Å². The Kier molecular flexibility index (Phi) is 4.68.